The summed E-state index contributed by atoms with van der Waals surface area (Å²) in [5, 5.41) is 3.48. The van der Waals surface area contributed by atoms with Gasteiger partial charge in [-0.15, -0.1) is 0 Å². The first kappa shape index (κ1) is 12.7. The van der Waals surface area contributed by atoms with Crippen LogP contribution in [0.1, 0.15) is 30.4 Å². The topological polar surface area (TPSA) is 32.3 Å². The van der Waals surface area contributed by atoms with E-state index in [-0.39, 0.29) is 5.91 Å². The van der Waals surface area contributed by atoms with E-state index in [1.54, 1.807) is 4.90 Å². The van der Waals surface area contributed by atoms with E-state index in [0.717, 1.165) is 31.0 Å². The number of nitrogens with one attached hydrogen (secondary N) is 1. The first-order chi connectivity index (χ1) is 9.24. The van der Waals surface area contributed by atoms with Gasteiger partial charge in [-0.2, -0.15) is 0 Å². The molecule has 0 radical (unpaired) electrons. The SMILES string of the molecule is CN1C(=O)CCc2cc(CC3CCCNC3)ccc21. The molecule has 1 unspecified atom stereocenters. The van der Waals surface area contributed by atoms with E-state index >= 15 is 0 Å². The number of amides is 1. The van der Waals surface area contributed by atoms with Crippen LogP contribution < -0.4 is 10.2 Å². The smallest absolute Gasteiger partial charge is 0.227 e. The van der Waals surface area contributed by atoms with Gasteiger partial charge < -0.3 is 10.2 Å². The number of carbonyl (C=O) groups is 1. The summed E-state index contributed by atoms with van der Waals surface area (Å²) in [5.74, 6) is 1.01. The molecule has 1 aromatic carbocycles. The maximum atomic E-state index is 11.7. The monoisotopic (exact) mass is 258 g/mol. The summed E-state index contributed by atoms with van der Waals surface area (Å²) in [7, 11) is 1.88. The largest absolute Gasteiger partial charge is 0.316 e. The van der Waals surface area contributed by atoms with Crippen molar-refractivity contribution in [3.8, 4) is 0 Å². The highest BCUT2D eigenvalue weighted by atomic mass is 16.2. The van der Waals surface area contributed by atoms with Gasteiger partial charge in [-0.3, -0.25) is 4.79 Å². The van der Waals surface area contributed by atoms with Crippen molar-refractivity contribution < 1.29 is 4.79 Å². The van der Waals surface area contributed by atoms with Crippen LogP contribution in [0, 0.1) is 5.92 Å². The number of hydrogen-bond donors (Lipinski definition) is 1. The van der Waals surface area contributed by atoms with Gasteiger partial charge >= 0.3 is 0 Å². The van der Waals surface area contributed by atoms with Crippen LogP contribution in [0.5, 0.6) is 0 Å². The third kappa shape index (κ3) is 2.66. The lowest BCUT2D eigenvalue weighted by Gasteiger charge is -2.27. The molecule has 1 N–H and O–H groups in total. The molecule has 0 spiro atoms. The molecule has 3 nitrogen and oxygen atoms in total. The van der Waals surface area contributed by atoms with Gasteiger partial charge in [0.1, 0.15) is 0 Å². The van der Waals surface area contributed by atoms with Gasteiger partial charge in [-0.05, 0) is 61.9 Å². The van der Waals surface area contributed by atoms with Gasteiger partial charge in [0.05, 0.1) is 0 Å². The molecule has 2 aliphatic rings. The van der Waals surface area contributed by atoms with Crippen LogP contribution >= 0.6 is 0 Å². The first-order valence-corrected chi connectivity index (χ1v) is 7.33. The van der Waals surface area contributed by atoms with E-state index in [1.807, 2.05) is 7.05 Å². The molecule has 1 aromatic rings. The Labute approximate surface area is 115 Å². The quantitative estimate of drug-likeness (QED) is 0.881. The van der Waals surface area contributed by atoms with Crippen molar-refractivity contribution in [3.05, 3.63) is 29.3 Å². The maximum Gasteiger partial charge on any atom is 0.227 e. The number of fused-ring (bicyclic) bond motifs is 1. The Hall–Kier alpha value is -1.35. The molecule has 1 amide bonds. The zero-order valence-corrected chi connectivity index (χ0v) is 11.6. The summed E-state index contributed by atoms with van der Waals surface area (Å²) in [6.45, 7) is 2.32. The summed E-state index contributed by atoms with van der Waals surface area (Å²) in [5.41, 5.74) is 3.86. The van der Waals surface area contributed by atoms with E-state index in [1.165, 1.54) is 30.5 Å². The third-order valence-corrected chi connectivity index (χ3v) is 4.41. The van der Waals surface area contributed by atoms with Crippen molar-refractivity contribution >= 4 is 11.6 Å². The van der Waals surface area contributed by atoms with Crippen molar-refractivity contribution in [1.29, 1.82) is 0 Å². The second-order valence-electron chi connectivity index (χ2n) is 5.83. The number of hydrogen-bond acceptors (Lipinski definition) is 2. The fourth-order valence-electron chi connectivity index (χ4n) is 3.27. The molecule has 1 saturated heterocycles. The first-order valence-electron chi connectivity index (χ1n) is 7.33. The van der Waals surface area contributed by atoms with Crippen LogP contribution in [0.15, 0.2) is 18.2 Å². The molecule has 3 rings (SSSR count). The summed E-state index contributed by atoms with van der Waals surface area (Å²) in [4.78, 5) is 13.5. The Morgan fingerprint density at radius 2 is 2.26 bits per heavy atom. The zero-order valence-electron chi connectivity index (χ0n) is 11.6. The molecular formula is C16H22N2O. The third-order valence-electron chi connectivity index (χ3n) is 4.41. The Balaban J connectivity index is 1.76. The lowest BCUT2D eigenvalue weighted by molar-refractivity contribution is -0.118. The number of anilines is 1. The van der Waals surface area contributed by atoms with Gasteiger partial charge in [-0.1, -0.05) is 12.1 Å². The van der Waals surface area contributed by atoms with E-state index in [9.17, 15) is 4.79 Å². The Kier molecular flexibility index (Phi) is 3.56. The molecule has 19 heavy (non-hydrogen) atoms. The lowest BCUT2D eigenvalue weighted by atomic mass is 9.90. The average Bonchev–Trinajstić information content (AvgIpc) is 2.44. The molecule has 102 valence electrons. The van der Waals surface area contributed by atoms with Gasteiger partial charge in [-0.25, -0.2) is 0 Å². The molecule has 1 fully saturated rings. The minimum atomic E-state index is 0.233. The van der Waals surface area contributed by atoms with Crippen molar-refractivity contribution in [2.75, 3.05) is 25.0 Å². The molecule has 0 saturated carbocycles. The minimum Gasteiger partial charge on any atom is -0.316 e. The Bertz CT molecular complexity index is 478. The molecule has 1 atom stereocenters. The summed E-state index contributed by atoms with van der Waals surface area (Å²) < 4.78 is 0. The number of piperidine rings is 1. The maximum absolute atomic E-state index is 11.7. The van der Waals surface area contributed by atoms with Crippen LogP contribution in [-0.4, -0.2) is 26.0 Å². The average molecular weight is 258 g/mol. The number of aryl methyl sites for hydroxylation is 1. The van der Waals surface area contributed by atoms with Crippen LogP contribution in [0.2, 0.25) is 0 Å². The number of carbonyl (C=O) groups excluding carboxylic acids is 1. The molecule has 2 aliphatic heterocycles. The van der Waals surface area contributed by atoms with Crippen LogP contribution in [0.3, 0.4) is 0 Å². The van der Waals surface area contributed by atoms with Crippen molar-refractivity contribution in [2.45, 2.75) is 32.1 Å². The van der Waals surface area contributed by atoms with E-state index in [0.29, 0.717) is 6.42 Å². The number of nitrogens with zero attached hydrogens (tertiary/aromatic N) is 1. The molecular weight excluding hydrogens is 236 g/mol. The number of rotatable bonds is 2. The molecule has 0 aliphatic carbocycles. The Morgan fingerprint density at radius 1 is 1.37 bits per heavy atom. The van der Waals surface area contributed by atoms with Crippen LogP contribution in [0.25, 0.3) is 0 Å². The molecule has 2 heterocycles. The highest BCUT2D eigenvalue weighted by molar-refractivity contribution is 5.95. The fraction of sp³-hybridized carbons (Fsp3) is 0.562. The minimum absolute atomic E-state index is 0.233. The van der Waals surface area contributed by atoms with Gasteiger partial charge in [0.2, 0.25) is 5.91 Å². The summed E-state index contributed by atoms with van der Waals surface area (Å²) in [6.07, 6.45) is 5.35. The van der Waals surface area contributed by atoms with Crippen LogP contribution in [0.4, 0.5) is 5.69 Å². The van der Waals surface area contributed by atoms with Gasteiger partial charge in [0.15, 0.2) is 0 Å². The fourth-order valence-corrected chi connectivity index (χ4v) is 3.27. The molecule has 3 heteroatoms. The predicted molar refractivity (Wildman–Crippen MR) is 77.5 cm³/mol. The second kappa shape index (κ2) is 5.33. The second-order valence-corrected chi connectivity index (χ2v) is 5.83. The van der Waals surface area contributed by atoms with E-state index < -0.39 is 0 Å². The van der Waals surface area contributed by atoms with Crippen molar-refractivity contribution in [1.82, 2.24) is 5.32 Å². The van der Waals surface area contributed by atoms with Crippen molar-refractivity contribution in [2.24, 2.45) is 5.92 Å². The molecule has 0 aromatic heterocycles. The summed E-state index contributed by atoms with van der Waals surface area (Å²) >= 11 is 0. The van der Waals surface area contributed by atoms with E-state index in [2.05, 4.69) is 23.5 Å². The van der Waals surface area contributed by atoms with Crippen LogP contribution in [-0.2, 0) is 17.6 Å². The molecule has 0 bridgehead atoms. The van der Waals surface area contributed by atoms with E-state index in [4.69, 9.17) is 0 Å². The normalized spacial score (nSPS) is 23.3. The Morgan fingerprint density at radius 3 is 3.05 bits per heavy atom. The van der Waals surface area contributed by atoms with Gasteiger partial charge in [0.25, 0.3) is 0 Å². The summed E-state index contributed by atoms with van der Waals surface area (Å²) in [6, 6.07) is 6.63. The van der Waals surface area contributed by atoms with Gasteiger partial charge in [0, 0.05) is 19.2 Å². The highest BCUT2D eigenvalue weighted by Crippen LogP contribution is 2.28. The number of benzene rings is 1. The predicted octanol–water partition coefficient (Wildman–Crippen LogP) is 2.14. The standard InChI is InChI=1S/C16H22N2O/c1-18-15-6-4-12(9-13-3-2-8-17-11-13)10-14(15)5-7-16(18)19/h4,6,10,13,17H,2-3,5,7-9,11H2,1H3. The highest BCUT2D eigenvalue weighted by Gasteiger charge is 2.21. The van der Waals surface area contributed by atoms with Crippen molar-refractivity contribution in [3.63, 3.8) is 0 Å². The zero-order chi connectivity index (χ0) is 13.2. The lowest BCUT2D eigenvalue weighted by Crippen LogP contribution is -2.32.